The van der Waals surface area contributed by atoms with Gasteiger partial charge >= 0.3 is 0 Å². The predicted molar refractivity (Wildman–Crippen MR) is 57.0 cm³/mol. The number of hydrogen-bond acceptors (Lipinski definition) is 3. The molecule has 5 heteroatoms. The normalized spacial score (nSPS) is 10.8. The van der Waals surface area contributed by atoms with E-state index in [0.717, 1.165) is 0 Å². The van der Waals surface area contributed by atoms with Crippen molar-refractivity contribution in [3.8, 4) is 0 Å². The van der Waals surface area contributed by atoms with Crippen LogP contribution in [0.1, 0.15) is 12.5 Å². The van der Waals surface area contributed by atoms with Crippen LogP contribution in [-0.2, 0) is 4.74 Å². The Balaban J connectivity index is 2.92. The van der Waals surface area contributed by atoms with Crippen molar-refractivity contribution in [1.29, 1.82) is 0 Å². The molecular formula is C9H10BrFN2O. The second-order valence-corrected chi connectivity index (χ2v) is 3.35. The van der Waals surface area contributed by atoms with Crippen molar-refractivity contribution in [3.63, 3.8) is 0 Å². The molecular weight excluding hydrogens is 251 g/mol. The van der Waals surface area contributed by atoms with Gasteiger partial charge in [-0.1, -0.05) is 0 Å². The van der Waals surface area contributed by atoms with Crippen LogP contribution in [-0.4, -0.2) is 11.6 Å². The van der Waals surface area contributed by atoms with Gasteiger partial charge in [0.2, 0.25) is 5.95 Å². The maximum atomic E-state index is 12.9. The fraction of sp³-hybridized carbons (Fsp3) is 0.222. The molecule has 1 aromatic rings. The van der Waals surface area contributed by atoms with Gasteiger partial charge in [0, 0.05) is 5.56 Å². The van der Waals surface area contributed by atoms with Crippen molar-refractivity contribution >= 4 is 27.8 Å². The van der Waals surface area contributed by atoms with Gasteiger partial charge in [0.15, 0.2) is 0 Å². The van der Waals surface area contributed by atoms with E-state index in [2.05, 4.69) is 20.9 Å². The van der Waals surface area contributed by atoms with Crippen molar-refractivity contribution in [1.82, 2.24) is 4.98 Å². The number of nitrogens with two attached hydrogens (primary N) is 1. The number of anilines is 1. The first-order valence-electron chi connectivity index (χ1n) is 4.04. The molecule has 0 bridgehead atoms. The van der Waals surface area contributed by atoms with E-state index in [4.69, 9.17) is 10.5 Å². The van der Waals surface area contributed by atoms with E-state index < -0.39 is 5.95 Å². The van der Waals surface area contributed by atoms with Crippen LogP contribution < -0.4 is 5.73 Å². The maximum Gasteiger partial charge on any atom is 0.229 e. The summed E-state index contributed by atoms with van der Waals surface area (Å²) in [5.74, 6) is -0.474. The molecule has 76 valence electrons. The number of aromatic nitrogens is 1. The van der Waals surface area contributed by atoms with Crippen LogP contribution in [0.25, 0.3) is 6.08 Å². The van der Waals surface area contributed by atoms with Gasteiger partial charge in [0.05, 0.1) is 17.3 Å². The molecule has 0 aliphatic heterocycles. The summed E-state index contributed by atoms with van der Waals surface area (Å²) >= 11 is 3.02. The largest absolute Gasteiger partial charge is 0.501 e. The van der Waals surface area contributed by atoms with Gasteiger partial charge in [-0.05, 0) is 35.0 Å². The van der Waals surface area contributed by atoms with E-state index >= 15 is 0 Å². The number of nitrogen functional groups attached to an aromatic ring is 1. The van der Waals surface area contributed by atoms with Crippen LogP contribution in [0.15, 0.2) is 16.8 Å². The highest BCUT2D eigenvalue weighted by Crippen LogP contribution is 2.20. The van der Waals surface area contributed by atoms with Gasteiger partial charge in [-0.3, -0.25) is 0 Å². The number of rotatable bonds is 3. The first kappa shape index (κ1) is 11.0. The van der Waals surface area contributed by atoms with Gasteiger partial charge < -0.3 is 10.5 Å². The van der Waals surface area contributed by atoms with Gasteiger partial charge in [-0.25, -0.2) is 4.98 Å². The highest BCUT2D eigenvalue weighted by Gasteiger charge is 2.04. The van der Waals surface area contributed by atoms with E-state index in [-0.39, 0.29) is 10.3 Å². The molecule has 0 fully saturated rings. The van der Waals surface area contributed by atoms with Gasteiger partial charge in [0.25, 0.3) is 0 Å². The molecule has 0 saturated carbocycles. The van der Waals surface area contributed by atoms with Crippen molar-refractivity contribution in [2.24, 2.45) is 0 Å². The highest BCUT2D eigenvalue weighted by molar-refractivity contribution is 9.10. The zero-order valence-electron chi connectivity index (χ0n) is 7.63. The molecule has 0 spiro atoms. The Kier molecular flexibility index (Phi) is 3.88. The highest BCUT2D eigenvalue weighted by atomic mass is 79.9. The van der Waals surface area contributed by atoms with Crippen LogP contribution in [0.5, 0.6) is 0 Å². The quantitative estimate of drug-likeness (QED) is 0.672. The minimum atomic E-state index is -0.615. The van der Waals surface area contributed by atoms with Crippen molar-refractivity contribution < 1.29 is 9.13 Å². The average Bonchev–Trinajstić information content (AvgIpc) is 2.14. The summed E-state index contributed by atoms with van der Waals surface area (Å²) < 4.78 is 18.1. The number of pyridine rings is 1. The molecule has 3 nitrogen and oxygen atoms in total. The van der Waals surface area contributed by atoms with Crippen LogP contribution >= 0.6 is 15.9 Å². The van der Waals surface area contributed by atoms with E-state index in [1.54, 1.807) is 12.1 Å². The fourth-order valence-electron chi connectivity index (χ4n) is 0.845. The number of nitrogens with zero attached hydrogens (tertiary/aromatic N) is 1. The Morgan fingerprint density at radius 2 is 2.43 bits per heavy atom. The zero-order chi connectivity index (χ0) is 10.6. The molecule has 0 aromatic carbocycles. The van der Waals surface area contributed by atoms with Crippen LogP contribution in [0.3, 0.4) is 0 Å². The van der Waals surface area contributed by atoms with E-state index in [9.17, 15) is 4.39 Å². The van der Waals surface area contributed by atoms with Crippen molar-refractivity contribution in [3.05, 3.63) is 28.3 Å². The summed E-state index contributed by atoms with van der Waals surface area (Å²) in [6, 6.07) is 1.55. The van der Waals surface area contributed by atoms with Gasteiger partial charge in [-0.15, -0.1) is 0 Å². The van der Waals surface area contributed by atoms with Crippen LogP contribution in [0.2, 0.25) is 0 Å². The lowest BCUT2D eigenvalue weighted by molar-refractivity contribution is 0.272. The van der Waals surface area contributed by atoms with Crippen molar-refractivity contribution in [2.45, 2.75) is 6.92 Å². The number of hydrogen-bond donors (Lipinski definition) is 1. The third kappa shape index (κ3) is 2.70. The smallest absolute Gasteiger partial charge is 0.229 e. The monoisotopic (exact) mass is 260 g/mol. The summed E-state index contributed by atoms with van der Waals surface area (Å²) in [4.78, 5) is 3.51. The first-order chi connectivity index (χ1) is 6.65. The lowest BCUT2D eigenvalue weighted by Crippen LogP contribution is -1.97. The van der Waals surface area contributed by atoms with E-state index in [1.807, 2.05) is 6.92 Å². The summed E-state index contributed by atoms with van der Waals surface area (Å²) in [6.07, 6.45) is 3.13. The molecule has 14 heavy (non-hydrogen) atoms. The lowest BCUT2D eigenvalue weighted by Gasteiger charge is -2.01. The molecule has 0 aliphatic rings. The Morgan fingerprint density at radius 1 is 1.71 bits per heavy atom. The number of halogens is 2. The summed E-state index contributed by atoms with van der Waals surface area (Å²) in [5, 5.41) is 0. The number of ether oxygens (including phenoxy) is 1. The van der Waals surface area contributed by atoms with E-state index in [0.29, 0.717) is 12.2 Å². The Bertz CT molecular complexity index is 355. The SMILES string of the molecule is CCOC=Cc1cc(Br)c(F)nc1N. The topological polar surface area (TPSA) is 48.1 Å². The Morgan fingerprint density at radius 3 is 3.07 bits per heavy atom. The molecule has 0 saturated heterocycles. The molecule has 0 amide bonds. The third-order valence-electron chi connectivity index (χ3n) is 1.50. The molecule has 1 heterocycles. The van der Waals surface area contributed by atoms with Gasteiger partial charge in [0.1, 0.15) is 5.82 Å². The summed E-state index contributed by atoms with van der Waals surface area (Å²) in [5.41, 5.74) is 6.11. The second-order valence-electron chi connectivity index (χ2n) is 2.49. The minimum absolute atomic E-state index is 0.140. The molecule has 0 aliphatic carbocycles. The van der Waals surface area contributed by atoms with Crippen molar-refractivity contribution in [2.75, 3.05) is 12.3 Å². The maximum absolute atomic E-state index is 12.9. The fourth-order valence-corrected chi connectivity index (χ4v) is 1.18. The molecule has 0 radical (unpaired) electrons. The minimum Gasteiger partial charge on any atom is -0.501 e. The van der Waals surface area contributed by atoms with Gasteiger partial charge in [-0.2, -0.15) is 4.39 Å². The molecule has 1 rings (SSSR count). The Hall–Kier alpha value is -1.10. The molecule has 0 atom stereocenters. The lowest BCUT2D eigenvalue weighted by atomic mass is 10.2. The second kappa shape index (κ2) is 4.95. The zero-order valence-corrected chi connectivity index (χ0v) is 9.21. The summed E-state index contributed by atoms with van der Waals surface area (Å²) in [6.45, 7) is 2.44. The first-order valence-corrected chi connectivity index (χ1v) is 4.84. The van der Waals surface area contributed by atoms with E-state index in [1.165, 1.54) is 6.26 Å². The average molecular weight is 261 g/mol. The predicted octanol–water partition coefficient (Wildman–Crippen LogP) is 2.57. The summed E-state index contributed by atoms with van der Waals surface area (Å²) in [7, 11) is 0. The van der Waals surface area contributed by atoms with Crippen LogP contribution in [0, 0.1) is 5.95 Å². The Labute approximate surface area is 89.9 Å². The van der Waals surface area contributed by atoms with Crippen LogP contribution in [0.4, 0.5) is 10.2 Å². The standard InChI is InChI=1S/C9H10BrFN2O/c1-2-14-4-3-6-5-7(10)8(11)13-9(6)12/h3-5H,2H2,1H3,(H2,12,13). The molecule has 0 unspecified atom stereocenters. The molecule has 1 aromatic heterocycles. The third-order valence-corrected chi connectivity index (χ3v) is 2.06. The molecule has 2 N–H and O–H groups in total.